The molecule has 4 N–H and O–H groups in total. The van der Waals surface area contributed by atoms with Crippen LogP contribution in [0.15, 0.2) is 21.3 Å². The predicted molar refractivity (Wildman–Crippen MR) is 121 cm³/mol. The molecule has 0 aromatic carbocycles. The highest BCUT2D eigenvalue weighted by molar-refractivity contribution is 14.0. The molecule has 7 nitrogen and oxygen atoms in total. The summed E-state index contributed by atoms with van der Waals surface area (Å²) in [5, 5.41) is 11.6. The molecule has 0 aliphatic heterocycles. The monoisotopic (exact) mass is 530 g/mol. The first-order valence-electron chi connectivity index (χ1n) is 9.24. The first-order chi connectivity index (χ1) is 12.5. The zero-order chi connectivity index (χ0) is 18.8. The summed E-state index contributed by atoms with van der Waals surface area (Å²) in [4.78, 5) is 5.35. The van der Waals surface area contributed by atoms with Crippen LogP contribution in [0.3, 0.4) is 0 Å². The van der Waals surface area contributed by atoms with E-state index in [0.29, 0.717) is 12.6 Å². The van der Waals surface area contributed by atoms with Crippen LogP contribution in [-0.4, -0.2) is 40.2 Å². The van der Waals surface area contributed by atoms with Gasteiger partial charge in [-0.05, 0) is 38.3 Å². The van der Waals surface area contributed by atoms with E-state index >= 15 is 0 Å². The summed E-state index contributed by atoms with van der Waals surface area (Å²) in [6.07, 6.45) is 7.67. The third kappa shape index (κ3) is 9.55. The van der Waals surface area contributed by atoms with Crippen LogP contribution in [0.25, 0.3) is 0 Å². The first kappa shape index (κ1) is 24.6. The zero-order valence-corrected chi connectivity index (χ0v) is 19.7. The molecule has 0 atom stereocenters. The van der Waals surface area contributed by atoms with Gasteiger partial charge in [0.05, 0.1) is 12.6 Å². The van der Waals surface area contributed by atoms with Crippen molar-refractivity contribution in [2.24, 2.45) is 10.1 Å². The Labute approximate surface area is 183 Å². The van der Waals surface area contributed by atoms with Crippen molar-refractivity contribution in [1.82, 2.24) is 10.6 Å². The van der Waals surface area contributed by atoms with Crippen molar-refractivity contribution >= 4 is 51.3 Å². The van der Waals surface area contributed by atoms with Crippen LogP contribution in [-0.2, 0) is 21.3 Å². The molecule has 0 spiro atoms. The van der Waals surface area contributed by atoms with Crippen LogP contribution >= 0.6 is 35.3 Å². The van der Waals surface area contributed by atoms with Crippen LogP contribution in [0.4, 0.5) is 0 Å². The number of rotatable bonds is 9. The smallest absolute Gasteiger partial charge is 0.247 e. The summed E-state index contributed by atoms with van der Waals surface area (Å²) in [5.74, 6) is 0.718. The van der Waals surface area contributed by atoms with E-state index in [1.165, 1.54) is 38.2 Å². The lowest BCUT2D eigenvalue weighted by Gasteiger charge is -2.22. The number of halogens is 1. The van der Waals surface area contributed by atoms with Crippen molar-refractivity contribution < 1.29 is 13.2 Å². The maximum atomic E-state index is 11.3. The van der Waals surface area contributed by atoms with Crippen molar-refractivity contribution in [3.05, 3.63) is 17.0 Å². The highest BCUT2D eigenvalue weighted by Crippen LogP contribution is 2.21. The van der Waals surface area contributed by atoms with E-state index in [1.807, 2.05) is 6.92 Å². The van der Waals surface area contributed by atoms with E-state index in [0.717, 1.165) is 48.3 Å². The lowest BCUT2D eigenvalue weighted by molar-refractivity contribution is 0.0277. The number of nitrogens with zero attached hydrogens (tertiary/aromatic N) is 1. The standard InChI is InChI=1S/C17H30N4O3S2.HI/c1-2-19-17(20-11-6-12-24-14-7-4-3-5-8-14)21-13-15-9-10-16(25-15)26(18,22)23;/h9-10,14H,2-8,11-13H2,1H3,(H2,18,22,23)(H2,19,20,21);1H. The second-order valence-electron chi connectivity index (χ2n) is 6.37. The minimum Gasteiger partial charge on any atom is -0.378 e. The molecule has 1 aliphatic rings. The Balaban J connectivity index is 0.00000364. The minimum atomic E-state index is -3.64. The normalized spacial score (nSPS) is 16.0. The molecule has 0 saturated heterocycles. The van der Waals surface area contributed by atoms with Gasteiger partial charge in [-0.15, -0.1) is 35.3 Å². The van der Waals surface area contributed by atoms with Crippen molar-refractivity contribution in [3.63, 3.8) is 0 Å². The van der Waals surface area contributed by atoms with Gasteiger partial charge in [0.25, 0.3) is 0 Å². The summed E-state index contributed by atoms with van der Waals surface area (Å²) in [6, 6.07) is 3.27. The van der Waals surface area contributed by atoms with Gasteiger partial charge >= 0.3 is 0 Å². The van der Waals surface area contributed by atoms with Crippen molar-refractivity contribution in [1.29, 1.82) is 0 Å². The number of primary sulfonamides is 1. The molecule has 0 amide bonds. The van der Waals surface area contributed by atoms with E-state index in [9.17, 15) is 8.42 Å². The van der Waals surface area contributed by atoms with Crippen LogP contribution in [0.1, 0.15) is 50.3 Å². The number of thiophene rings is 1. The number of ether oxygens (including phenoxy) is 1. The maximum absolute atomic E-state index is 11.3. The molecule has 0 bridgehead atoms. The fraction of sp³-hybridized carbons (Fsp3) is 0.706. The molecule has 1 saturated carbocycles. The third-order valence-corrected chi connectivity index (χ3v) is 6.68. The molecular weight excluding hydrogens is 499 g/mol. The predicted octanol–water partition coefficient (Wildman–Crippen LogP) is 2.81. The summed E-state index contributed by atoms with van der Waals surface area (Å²) < 4.78 is 28.7. The van der Waals surface area contributed by atoms with Crippen LogP contribution in [0.2, 0.25) is 0 Å². The van der Waals surface area contributed by atoms with Gasteiger partial charge in [0, 0.05) is 24.6 Å². The third-order valence-electron chi connectivity index (χ3n) is 4.17. The average molecular weight is 530 g/mol. The van der Waals surface area contributed by atoms with E-state index in [-0.39, 0.29) is 28.2 Å². The topological polar surface area (TPSA) is 106 Å². The zero-order valence-electron chi connectivity index (χ0n) is 15.8. The highest BCUT2D eigenvalue weighted by atomic mass is 127. The molecule has 1 aromatic rings. The average Bonchev–Trinajstić information content (AvgIpc) is 3.09. The van der Waals surface area contributed by atoms with Gasteiger partial charge in [0.2, 0.25) is 10.0 Å². The Bertz CT molecular complexity index is 673. The van der Waals surface area contributed by atoms with Crippen LogP contribution < -0.4 is 15.8 Å². The highest BCUT2D eigenvalue weighted by Gasteiger charge is 2.13. The molecule has 156 valence electrons. The van der Waals surface area contributed by atoms with E-state index in [1.54, 1.807) is 6.07 Å². The molecule has 10 heteroatoms. The van der Waals surface area contributed by atoms with Crippen LogP contribution in [0, 0.1) is 0 Å². The molecule has 2 rings (SSSR count). The number of nitrogens with one attached hydrogen (secondary N) is 2. The van der Waals surface area contributed by atoms with Crippen molar-refractivity contribution in [3.8, 4) is 0 Å². The van der Waals surface area contributed by atoms with E-state index < -0.39 is 10.0 Å². The lowest BCUT2D eigenvalue weighted by Crippen LogP contribution is -2.38. The van der Waals surface area contributed by atoms with Crippen molar-refractivity contribution in [2.75, 3.05) is 19.7 Å². The number of sulfonamides is 1. The first-order valence-corrected chi connectivity index (χ1v) is 11.6. The van der Waals surface area contributed by atoms with Gasteiger partial charge in [-0.25, -0.2) is 18.5 Å². The van der Waals surface area contributed by atoms with E-state index in [4.69, 9.17) is 9.88 Å². The van der Waals surface area contributed by atoms with Crippen molar-refractivity contribution in [2.45, 2.75) is 62.3 Å². The maximum Gasteiger partial charge on any atom is 0.247 e. The molecule has 1 fully saturated rings. The Morgan fingerprint density at radius 1 is 1.30 bits per heavy atom. The number of hydrogen-bond donors (Lipinski definition) is 3. The minimum absolute atomic E-state index is 0. The Morgan fingerprint density at radius 3 is 2.67 bits per heavy atom. The fourth-order valence-electron chi connectivity index (χ4n) is 2.86. The number of guanidine groups is 1. The summed E-state index contributed by atoms with van der Waals surface area (Å²) in [5.41, 5.74) is 0. The Hall–Kier alpha value is -0.430. The van der Waals surface area contributed by atoms with Gasteiger partial charge in [0.1, 0.15) is 4.21 Å². The van der Waals surface area contributed by atoms with Gasteiger partial charge in [-0.1, -0.05) is 19.3 Å². The second-order valence-corrected chi connectivity index (χ2v) is 9.33. The molecule has 1 aliphatic carbocycles. The summed E-state index contributed by atoms with van der Waals surface area (Å²) in [6.45, 7) is 4.73. The summed E-state index contributed by atoms with van der Waals surface area (Å²) >= 11 is 1.15. The largest absolute Gasteiger partial charge is 0.378 e. The molecule has 0 radical (unpaired) electrons. The number of aliphatic imine (C=N–C) groups is 1. The number of hydrogen-bond acceptors (Lipinski definition) is 5. The van der Waals surface area contributed by atoms with E-state index in [2.05, 4.69) is 15.6 Å². The van der Waals surface area contributed by atoms with Gasteiger partial charge in [0.15, 0.2) is 5.96 Å². The summed E-state index contributed by atoms with van der Waals surface area (Å²) in [7, 11) is -3.64. The van der Waals surface area contributed by atoms with Gasteiger partial charge in [-0.3, -0.25) is 0 Å². The molecular formula is C17H31IN4O3S2. The number of nitrogens with two attached hydrogens (primary N) is 1. The fourth-order valence-corrected chi connectivity index (χ4v) is 4.56. The lowest BCUT2D eigenvalue weighted by atomic mass is 9.98. The second kappa shape index (κ2) is 12.9. The SMILES string of the molecule is CCNC(=NCc1ccc(S(N)(=O)=O)s1)NCCCOC1CCCCC1.I. The van der Waals surface area contributed by atoms with Gasteiger partial charge < -0.3 is 15.4 Å². The molecule has 1 heterocycles. The van der Waals surface area contributed by atoms with Gasteiger partial charge in [-0.2, -0.15) is 0 Å². The molecule has 1 aromatic heterocycles. The van der Waals surface area contributed by atoms with Crippen LogP contribution in [0.5, 0.6) is 0 Å². The molecule has 27 heavy (non-hydrogen) atoms. The Kier molecular flexibility index (Phi) is 11.8. The quantitative estimate of drug-likeness (QED) is 0.197. The Morgan fingerprint density at radius 2 is 2.04 bits per heavy atom. The molecule has 0 unspecified atom stereocenters.